The van der Waals surface area contributed by atoms with Crippen LogP contribution in [-0.4, -0.2) is 11.8 Å². The van der Waals surface area contributed by atoms with Crippen molar-refractivity contribution in [2.75, 3.05) is 11.1 Å². The Labute approximate surface area is 180 Å². The van der Waals surface area contributed by atoms with Gasteiger partial charge in [-0.15, -0.1) is 0 Å². The number of Topliss-reactive ketones (excluding diaryl/α,β-unsaturated/α-hetero) is 1. The number of ketones is 1. The number of aromatic nitrogens is 1. The lowest BCUT2D eigenvalue weighted by molar-refractivity contribution is -0.672. The van der Waals surface area contributed by atoms with Crippen molar-refractivity contribution in [2.45, 2.75) is 19.6 Å². The molecule has 0 aliphatic carbocycles. The lowest BCUT2D eigenvalue weighted by Crippen LogP contribution is -2.42. The molecular weight excluding hydrogens is 428 g/mol. The number of nitrogens with two attached hydrogens (primary N) is 2. The van der Waals surface area contributed by atoms with Crippen LogP contribution in [0.1, 0.15) is 21.5 Å². The van der Waals surface area contributed by atoms with Gasteiger partial charge in [0.15, 0.2) is 6.20 Å². The highest BCUT2D eigenvalue weighted by atomic mass is 19.4. The molecule has 0 aliphatic heterocycles. The largest absolute Gasteiger partial charge is 0.422 e. The number of nitrogen functional groups attached to an aromatic ring is 1. The molecule has 166 valence electrons. The van der Waals surface area contributed by atoms with E-state index < -0.39 is 35.9 Å². The molecule has 5 N–H and O–H groups in total. The average molecular weight is 447 g/mol. The zero-order chi connectivity index (χ0) is 23.6. The van der Waals surface area contributed by atoms with E-state index >= 15 is 0 Å². The van der Waals surface area contributed by atoms with Gasteiger partial charge in [-0.2, -0.15) is 17.7 Å². The normalized spacial score (nSPS) is 11.3. The van der Waals surface area contributed by atoms with Gasteiger partial charge in [0.1, 0.15) is 11.4 Å². The Kier molecular flexibility index (Phi) is 6.15. The van der Waals surface area contributed by atoms with Crippen molar-refractivity contribution in [1.82, 2.24) is 0 Å². The third-order valence-corrected chi connectivity index (χ3v) is 4.69. The number of nitrogens with zero attached hydrogens (tertiary/aromatic N) is 1. The van der Waals surface area contributed by atoms with Gasteiger partial charge in [0, 0.05) is 16.8 Å². The summed E-state index contributed by atoms with van der Waals surface area (Å²) in [6, 6.07) is 8.92. The number of pyridine rings is 1. The van der Waals surface area contributed by atoms with Crippen LogP contribution in [-0.2, 0) is 12.7 Å². The molecule has 0 unspecified atom stereocenters. The first-order chi connectivity index (χ1) is 15.0. The summed E-state index contributed by atoms with van der Waals surface area (Å²) in [4.78, 5) is 23.8. The minimum Gasteiger partial charge on any atom is -0.394 e. The quantitative estimate of drug-likeness (QED) is 0.312. The number of alkyl halides is 3. The molecular formula is C22H19F4N4O2+. The van der Waals surface area contributed by atoms with Crippen LogP contribution in [0.25, 0.3) is 11.3 Å². The maximum Gasteiger partial charge on any atom is 0.422 e. The van der Waals surface area contributed by atoms with Gasteiger partial charge >= 0.3 is 12.2 Å². The number of carbonyl (C=O) groups excluding carboxylic acids is 2. The molecule has 1 heterocycles. The average Bonchev–Trinajstić information content (AvgIpc) is 2.67. The van der Waals surface area contributed by atoms with Gasteiger partial charge in [-0.3, -0.25) is 4.79 Å². The van der Waals surface area contributed by atoms with Gasteiger partial charge in [-0.1, -0.05) is 0 Å². The minimum absolute atomic E-state index is 0.138. The molecule has 2 aromatic carbocycles. The second kappa shape index (κ2) is 8.66. The SMILES string of the molecule is Cc1cc(NC(N)=O)ccc1-c1c(C(F)(F)F)cc(N)c[n+]1CC(=O)c1ccc(F)cc1. The van der Waals surface area contributed by atoms with Gasteiger partial charge in [0.2, 0.25) is 18.0 Å². The van der Waals surface area contributed by atoms with Crippen LogP contribution in [0.3, 0.4) is 0 Å². The third kappa shape index (κ3) is 5.02. The van der Waals surface area contributed by atoms with Crippen molar-refractivity contribution in [2.24, 2.45) is 5.73 Å². The smallest absolute Gasteiger partial charge is 0.394 e. The van der Waals surface area contributed by atoms with Gasteiger partial charge in [-0.25, -0.2) is 9.18 Å². The van der Waals surface area contributed by atoms with Crippen LogP contribution < -0.4 is 21.4 Å². The van der Waals surface area contributed by atoms with Crippen LogP contribution >= 0.6 is 0 Å². The van der Waals surface area contributed by atoms with Crippen LogP contribution in [0.4, 0.5) is 33.7 Å². The van der Waals surface area contributed by atoms with E-state index in [1.807, 2.05) is 0 Å². The fourth-order valence-corrected chi connectivity index (χ4v) is 3.34. The molecule has 3 rings (SSSR count). The number of anilines is 2. The highest BCUT2D eigenvalue weighted by molar-refractivity contribution is 5.95. The van der Waals surface area contributed by atoms with Crippen molar-refractivity contribution < 1.29 is 31.7 Å². The summed E-state index contributed by atoms with van der Waals surface area (Å²) >= 11 is 0. The molecule has 2 amide bonds. The molecule has 6 nitrogen and oxygen atoms in total. The van der Waals surface area contributed by atoms with Crippen LogP contribution in [0.15, 0.2) is 54.7 Å². The second-order valence-electron chi connectivity index (χ2n) is 7.11. The molecule has 0 saturated carbocycles. The fourth-order valence-electron chi connectivity index (χ4n) is 3.34. The lowest BCUT2D eigenvalue weighted by Gasteiger charge is -2.15. The summed E-state index contributed by atoms with van der Waals surface area (Å²) in [6.07, 6.45) is -3.52. The molecule has 10 heteroatoms. The summed E-state index contributed by atoms with van der Waals surface area (Å²) in [5.41, 5.74) is 10.3. The second-order valence-corrected chi connectivity index (χ2v) is 7.11. The number of carbonyl (C=O) groups is 2. The predicted octanol–water partition coefficient (Wildman–Crippen LogP) is 4.06. The maximum atomic E-state index is 13.9. The van der Waals surface area contributed by atoms with Crippen LogP contribution in [0.5, 0.6) is 0 Å². The first-order valence-electron chi connectivity index (χ1n) is 9.32. The van der Waals surface area contributed by atoms with E-state index in [0.717, 1.165) is 22.8 Å². The first kappa shape index (κ1) is 22.7. The minimum atomic E-state index is -4.76. The first-order valence-corrected chi connectivity index (χ1v) is 9.32. The van der Waals surface area contributed by atoms with E-state index in [1.54, 1.807) is 6.92 Å². The van der Waals surface area contributed by atoms with E-state index in [1.165, 1.54) is 36.5 Å². The standard InChI is InChI=1S/C22H18F4N4O2/c1-12-8-16(29-21(28)32)6-7-17(12)20-18(22(24,25)26)9-15(27)10-30(20)11-19(31)13-2-4-14(23)5-3-13/h2-10H,11,27H2,1H3,(H2,28,32)/p+1. The maximum absolute atomic E-state index is 13.9. The Hall–Kier alpha value is -3.95. The van der Waals surface area contributed by atoms with Crippen molar-refractivity contribution in [3.05, 3.63) is 77.2 Å². The van der Waals surface area contributed by atoms with Gasteiger partial charge in [0.05, 0.1) is 5.69 Å². The number of halogens is 4. The summed E-state index contributed by atoms with van der Waals surface area (Å²) in [6.45, 7) is 1.10. The van der Waals surface area contributed by atoms with E-state index in [2.05, 4.69) is 5.32 Å². The summed E-state index contributed by atoms with van der Waals surface area (Å²) < 4.78 is 56.0. The van der Waals surface area contributed by atoms with Crippen molar-refractivity contribution >= 4 is 23.2 Å². The topological polar surface area (TPSA) is 102 Å². The number of amides is 2. The highest BCUT2D eigenvalue weighted by Crippen LogP contribution is 2.37. The van der Waals surface area contributed by atoms with Gasteiger partial charge < -0.3 is 16.8 Å². The molecule has 0 saturated heterocycles. The molecule has 3 aromatic rings. The number of hydrogen-bond acceptors (Lipinski definition) is 3. The van der Waals surface area contributed by atoms with E-state index in [9.17, 15) is 27.2 Å². The Balaban J connectivity index is 2.16. The number of hydrogen-bond donors (Lipinski definition) is 3. The summed E-state index contributed by atoms with van der Waals surface area (Å²) in [5, 5.41) is 2.36. The van der Waals surface area contributed by atoms with Crippen molar-refractivity contribution in [3.8, 4) is 11.3 Å². The Morgan fingerprint density at radius 1 is 1.06 bits per heavy atom. The van der Waals surface area contributed by atoms with E-state index in [4.69, 9.17) is 11.5 Å². The van der Waals surface area contributed by atoms with Gasteiger partial charge in [0.25, 0.3) is 0 Å². The zero-order valence-electron chi connectivity index (χ0n) is 16.8. The molecule has 1 aromatic heterocycles. The third-order valence-electron chi connectivity index (χ3n) is 4.69. The number of aryl methyl sites for hydroxylation is 1. The Morgan fingerprint density at radius 2 is 1.72 bits per heavy atom. The number of urea groups is 1. The molecule has 0 fully saturated rings. The molecule has 0 bridgehead atoms. The van der Waals surface area contributed by atoms with Crippen LogP contribution in [0, 0.1) is 12.7 Å². The van der Waals surface area contributed by atoms with Crippen molar-refractivity contribution in [1.29, 1.82) is 0 Å². The Bertz CT molecular complexity index is 1190. The predicted molar refractivity (Wildman–Crippen MR) is 110 cm³/mol. The number of rotatable bonds is 5. The summed E-state index contributed by atoms with van der Waals surface area (Å²) in [5.74, 6) is -1.07. The number of primary amides is 1. The van der Waals surface area contributed by atoms with Crippen LogP contribution in [0.2, 0.25) is 0 Å². The molecule has 32 heavy (non-hydrogen) atoms. The zero-order valence-corrected chi connectivity index (χ0v) is 16.8. The van der Waals surface area contributed by atoms with Crippen molar-refractivity contribution in [3.63, 3.8) is 0 Å². The molecule has 0 atom stereocenters. The Morgan fingerprint density at radius 3 is 2.28 bits per heavy atom. The number of nitrogens with one attached hydrogen (secondary N) is 1. The van der Waals surface area contributed by atoms with Gasteiger partial charge in [-0.05, 0) is 61.0 Å². The summed E-state index contributed by atoms with van der Waals surface area (Å²) in [7, 11) is 0. The molecule has 0 aliphatic rings. The monoisotopic (exact) mass is 447 g/mol. The van der Waals surface area contributed by atoms with E-state index in [0.29, 0.717) is 11.3 Å². The highest BCUT2D eigenvalue weighted by Gasteiger charge is 2.40. The lowest BCUT2D eigenvalue weighted by atomic mass is 9.98. The van der Waals surface area contributed by atoms with E-state index in [-0.39, 0.29) is 22.5 Å². The number of benzene rings is 2. The molecule has 0 spiro atoms. The molecule has 0 radical (unpaired) electrons. The fraction of sp³-hybridized carbons (Fsp3) is 0.136.